The average molecular weight is 461 g/mol. The molecule has 12 heteroatoms. The number of aromatic amines is 1. The summed E-state index contributed by atoms with van der Waals surface area (Å²) in [6.07, 6.45) is 2.73. The van der Waals surface area contributed by atoms with Gasteiger partial charge in [-0.1, -0.05) is 11.6 Å². The number of nitrogens with one attached hydrogen (secondary N) is 2. The Kier molecular flexibility index (Phi) is 6.79. The molecule has 3 amide bonds. The molecule has 0 radical (unpaired) electrons. The highest BCUT2D eigenvalue weighted by Crippen LogP contribution is 2.37. The smallest absolute Gasteiger partial charge is 0.342 e. The predicted molar refractivity (Wildman–Crippen MR) is 120 cm³/mol. The number of pyridine rings is 1. The second kappa shape index (κ2) is 9.52. The van der Waals surface area contributed by atoms with E-state index in [2.05, 4.69) is 15.4 Å². The summed E-state index contributed by atoms with van der Waals surface area (Å²) in [5.74, 6) is 0.00405. The van der Waals surface area contributed by atoms with E-state index in [0.29, 0.717) is 31.2 Å². The summed E-state index contributed by atoms with van der Waals surface area (Å²) in [6, 6.07) is 3.81. The molecule has 0 atom stereocenters. The molecule has 32 heavy (non-hydrogen) atoms. The number of H-pyrrole nitrogens is 1. The Morgan fingerprint density at radius 1 is 1.38 bits per heavy atom. The van der Waals surface area contributed by atoms with Crippen LogP contribution in [0.5, 0.6) is 11.5 Å². The molecule has 3 rings (SSSR count). The minimum atomic E-state index is -0.639. The molecule has 0 bridgehead atoms. The van der Waals surface area contributed by atoms with Gasteiger partial charge in [-0.3, -0.25) is 14.4 Å². The molecule has 0 unspecified atom stereocenters. The molecule has 0 aliphatic carbocycles. The Morgan fingerprint density at radius 2 is 2.12 bits per heavy atom. The van der Waals surface area contributed by atoms with Crippen LogP contribution in [0.25, 0.3) is 0 Å². The van der Waals surface area contributed by atoms with Crippen molar-refractivity contribution in [3.05, 3.63) is 45.3 Å². The highest BCUT2D eigenvalue weighted by atomic mass is 35.5. The van der Waals surface area contributed by atoms with E-state index in [1.807, 2.05) is 0 Å². The fraction of sp³-hybridized carbons (Fsp3) is 0.250. The first-order valence-electron chi connectivity index (χ1n) is 9.57. The topological polar surface area (TPSA) is 150 Å². The van der Waals surface area contributed by atoms with Crippen molar-refractivity contribution < 1.29 is 19.1 Å². The normalized spacial score (nSPS) is 13.8. The summed E-state index contributed by atoms with van der Waals surface area (Å²) in [4.78, 5) is 51.2. The first-order valence-corrected chi connectivity index (χ1v) is 9.95. The number of carbonyl (C=O) groups is 3. The number of anilines is 2. The van der Waals surface area contributed by atoms with E-state index in [4.69, 9.17) is 22.1 Å². The lowest BCUT2D eigenvalue weighted by Crippen LogP contribution is -2.36. The quantitative estimate of drug-likeness (QED) is 0.259. The lowest BCUT2D eigenvalue weighted by Gasteiger charge is -2.20. The molecule has 1 aliphatic heterocycles. The van der Waals surface area contributed by atoms with Crippen molar-refractivity contribution in [3.63, 3.8) is 0 Å². The van der Waals surface area contributed by atoms with Gasteiger partial charge in [0, 0.05) is 32.3 Å². The number of amidine groups is 1. The first-order chi connectivity index (χ1) is 15.2. The number of aldehydes is 1. The standard InChI is InChI=1S/C20H21ClN6O5/c1-11-6-12(27(20(31)23-2)25-16(22)10-28)7-14(21)18(11)32-13-8-15(19(30)24-9-13)26-5-3-4-17(26)29/h6-10H,3-5H2,1-2H3,(H2,22,25)(H,23,31)(H,24,30). The highest BCUT2D eigenvalue weighted by Gasteiger charge is 2.25. The molecular formula is C20H21ClN6O5. The van der Waals surface area contributed by atoms with Crippen molar-refractivity contribution in [1.82, 2.24) is 10.3 Å². The van der Waals surface area contributed by atoms with Crippen molar-refractivity contribution in [2.45, 2.75) is 19.8 Å². The maximum absolute atomic E-state index is 12.2. The largest absolute Gasteiger partial charge is 0.454 e. The molecule has 1 aromatic carbocycles. The van der Waals surface area contributed by atoms with Gasteiger partial charge in [0.1, 0.15) is 17.2 Å². The predicted octanol–water partition coefficient (Wildman–Crippen LogP) is 1.87. The number of benzene rings is 1. The molecule has 1 aliphatic rings. The molecule has 11 nitrogen and oxygen atoms in total. The number of nitrogens with zero attached hydrogens (tertiary/aromatic N) is 3. The number of aryl methyl sites for hydroxylation is 1. The Balaban J connectivity index is 1.95. The molecule has 1 aromatic heterocycles. The number of urea groups is 1. The first kappa shape index (κ1) is 22.8. The van der Waals surface area contributed by atoms with Crippen LogP contribution in [-0.4, -0.2) is 42.6 Å². The molecule has 4 N–H and O–H groups in total. The fourth-order valence-electron chi connectivity index (χ4n) is 3.16. The Labute approximate surface area is 187 Å². The number of aromatic nitrogens is 1. The molecule has 1 saturated heterocycles. The average Bonchev–Trinajstić information content (AvgIpc) is 3.20. The molecule has 1 fully saturated rings. The molecule has 0 spiro atoms. The Bertz CT molecular complexity index is 1140. The van der Waals surface area contributed by atoms with Crippen molar-refractivity contribution >= 4 is 47.0 Å². The third-order valence-electron chi connectivity index (χ3n) is 4.64. The maximum atomic E-state index is 12.2. The summed E-state index contributed by atoms with van der Waals surface area (Å²) < 4.78 is 5.88. The van der Waals surface area contributed by atoms with E-state index in [9.17, 15) is 19.2 Å². The number of hydrazone groups is 1. The van der Waals surface area contributed by atoms with Crippen molar-refractivity contribution in [2.75, 3.05) is 23.5 Å². The van der Waals surface area contributed by atoms with Gasteiger partial charge in [0.2, 0.25) is 5.91 Å². The second-order valence-corrected chi connectivity index (χ2v) is 7.29. The van der Waals surface area contributed by atoms with Crippen LogP contribution < -0.4 is 31.3 Å². The maximum Gasteiger partial charge on any atom is 0.342 e. The zero-order valence-corrected chi connectivity index (χ0v) is 18.1. The highest BCUT2D eigenvalue weighted by molar-refractivity contribution is 6.32. The van der Waals surface area contributed by atoms with Crippen LogP contribution in [0.3, 0.4) is 0 Å². The third-order valence-corrected chi connectivity index (χ3v) is 4.92. The summed E-state index contributed by atoms with van der Waals surface area (Å²) in [7, 11) is 1.40. The Morgan fingerprint density at radius 3 is 2.72 bits per heavy atom. The van der Waals surface area contributed by atoms with Gasteiger partial charge >= 0.3 is 6.03 Å². The summed E-state index contributed by atoms with van der Waals surface area (Å²) in [5, 5.41) is 7.20. The number of amides is 3. The molecular weight excluding hydrogens is 440 g/mol. The van der Waals surface area contributed by atoms with Gasteiger partial charge in [-0.2, -0.15) is 5.01 Å². The molecule has 168 valence electrons. The van der Waals surface area contributed by atoms with E-state index in [1.165, 1.54) is 30.3 Å². The number of ether oxygens (including phenoxy) is 1. The SMILES string of the molecule is CNC(=O)N(/N=C(/N)C=O)c1cc(C)c(Oc2c[nH]c(=O)c(N3CCCC3=O)c2)c(Cl)c1. The van der Waals surface area contributed by atoms with Crippen molar-refractivity contribution in [1.29, 1.82) is 0 Å². The van der Waals surface area contributed by atoms with Crippen LogP contribution >= 0.6 is 11.6 Å². The zero-order chi connectivity index (χ0) is 23.4. The van der Waals surface area contributed by atoms with E-state index >= 15 is 0 Å². The van der Waals surface area contributed by atoms with Gasteiger partial charge in [0.25, 0.3) is 5.56 Å². The van der Waals surface area contributed by atoms with E-state index in [0.717, 1.165) is 5.01 Å². The van der Waals surface area contributed by atoms with Crippen molar-refractivity contribution in [2.24, 2.45) is 10.8 Å². The van der Waals surface area contributed by atoms with E-state index < -0.39 is 17.4 Å². The summed E-state index contributed by atoms with van der Waals surface area (Å²) in [6.45, 7) is 2.15. The zero-order valence-electron chi connectivity index (χ0n) is 17.3. The second-order valence-electron chi connectivity index (χ2n) is 6.88. The number of halogens is 1. The number of hydrogen-bond donors (Lipinski definition) is 3. The van der Waals surface area contributed by atoms with Crippen LogP contribution in [-0.2, 0) is 9.59 Å². The monoisotopic (exact) mass is 460 g/mol. The van der Waals surface area contributed by atoms with Gasteiger partial charge in [0.05, 0.1) is 10.7 Å². The number of hydrogen-bond acceptors (Lipinski definition) is 6. The lowest BCUT2D eigenvalue weighted by molar-refractivity contribution is -0.117. The van der Waals surface area contributed by atoms with Gasteiger partial charge in [-0.25, -0.2) is 4.79 Å². The molecule has 0 saturated carbocycles. The van der Waals surface area contributed by atoms with Crippen molar-refractivity contribution in [3.8, 4) is 11.5 Å². The minimum absolute atomic E-state index is 0.129. The van der Waals surface area contributed by atoms with Gasteiger partial charge in [-0.15, -0.1) is 5.10 Å². The van der Waals surface area contributed by atoms with Crippen LogP contribution in [0.2, 0.25) is 5.02 Å². The Hall–Kier alpha value is -3.86. The summed E-state index contributed by atoms with van der Waals surface area (Å²) in [5.41, 5.74) is 6.01. The minimum Gasteiger partial charge on any atom is -0.454 e. The van der Waals surface area contributed by atoms with Gasteiger partial charge < -0.3 is 25.7 Å². The van der Waals surface area contributed by atoms with Crippen LogP contribution in [0, 0.1) is 6.92 Å². The lowest BCUT2D eigenvalue weighted by atomic mass is 10.2. The number of nitrogens with two attached hydrogens (primary N) is 1. The third kappa shape index (κ3) is 4.72. The van der Waals surface area contributed by atoms with Gasteiger partial charge in [-0.05, 0) is 31.0 Å². The molecule has 2 heterocycles. The number of carbonyl (C=O) groups excluding carboxylic acids is 3. The van der Waals surface area contributed by atoms with Crippen LogP contribution in [0.15, 0.2) is 34.3 Å². The fourth-order valence-corrected chi connectivity index (χ4v) is 3.46. The van der Waals surface area contributed by atoms with E-state index in [1.54, 1.807) is 13.0 Å². The summed E-state index contributed by atoms with van der Waals surface area (Å²) >= 11 is 6.40. The van der Waals surface area contributed by atoms with Gasteiger partial charge in [0.15, 0.2) is 12.1 Å². The number of rotatable bonds is 6. The van der Waals surface area contributed by atoms with Crippen LogP contribution in [0.4, 0.5) is 16.2 Å². The van der Waals surface area contributed by atoms with Crippen LogP contribution in [0.1, 0.15) is 18.4 Å². The van der Waals surface area contributed by atoms with E-state index in [-0.39, 0.29) is 33.8 Å². The molecule has 2 aromatic rings.